The van der Waals surface area contributed by atoms with Gasteiger partial charge < -0.3 is 4.74 Å². The van der Waals surface area contributed by atoms with E-state index in [-0.39, 0.29) is 0 Å². The van der Waals surface area contributed by atoms with Gasteiger partial charge in [0, 0.05) is 11.6 Å². The second-order valence-electron chi connectivity index (χ2n) is 5.65. The van der Waals surface area contributed by atoms with Gasteiger partial charge >= 0.3 is 5.97 Å². The molecule has 0 aromatic heterocycles. The highest BCUT2D eigenvalue weighted by atomic mass is 16.5. The minimum atomic E-state index is -0.416. The normalized spacial score (nSPS) is 10.3. The van der Waals surface area contributed by atoms with Crippen LogP contribution in [0.2, 0.25) is 0 Å². The van der Waals surface area contributed by atoms with Gasteiger partial charge in [-0.2, -0.15) is 9.98 Å². The second kappa shape index (κ2) is 9.09. The summed E-state index contributed by atoms with van der Waals surface area (Å²) in [5.74, 6) is -0.416. The monoisotopic (exact) mass is 354 g/mol. The SMILES string of the molecule is COC(=O)C=Cc1ccccc1N=C=Nc1ccc(-c2ccccc2)cc1. The van der Waals surface area contributed by atoms with E-state index >= 15 is 0 Å². The van der Waals surface area contributed by atoms with E-state index in [4.69, 9.17) is 0 Å². The maximum Gasteiger partial charge on any atom is 0.330 e. The summed E-state index contributed by atoms with van der Waals surface area (Å²) in [6.07, 6.45) is 3.01. The van der Waals surface area contributed by atoms with Crippen molar-refractivity contribution in [3.05, 3.63) is 90.5 Å². The van der Waals surface area contributed by atoms with Gasteiger partial charge in [0.15, 0.2) is 0 Å². The molecule has 0 radical (unpaired) electrons. The molecule has 4 nitrogen and oxygen atoms in total. The Kier molecular flexibility index (Phi) is 6.08. The van der Waals surface area contributed by atoms with Crippen LogP contribution in [-0.2, 0) is 9.53 Å². The molecule has 0 aliphatic heterocycles. The number of para-hydroxylation sites is 1. The highest BCUT2D eigenvalue weighted by molar-refractivity contribution is 5.88. The van der Waals surface area contributed by atoms with Crippen molar-refractivity contribution in [1.82, 2.24) is 0 Å². The van der Waals surface area contributed by atoms with Crippen molar-refractivity contribution in [2.24, 2.45) is 9.98 Å². The number of methoxy groups -OCH3 is 1. The molecule has 132 valence electrons. The third kappa shape index (κ3) is 5.11. The molecule has 0 atom stereocenters. The minimum absolute atomic E-state index is 0.416. The van der Waals surface area contributed by atoms with E-state index in [1.807, 2.05) is 66.7 Å². The van der Waals surface area contributed by atoms with Crippen LogP contribution in [0.3, 0.4) is 0 Å². The average Bonchev–Trinajstić information content (AvgIpc) is 2.74. The van der Waals surface area contributed by atoms with Gasteiger partial charge in [-0.15, -0.1) is 0 Å². The Labute approximate surface area is 158 Å². The number of esters is 1. The molecule has 0 unspecified atom stereocenters. The first-order valence-electron chi connectivity index (χ1n) is 8.43. The first-order chi connectivity index (χ1) is 13.3. The first kappa shape index (κ1) is 18.1. The van der Waals surface area contributed by atoms with Gasteiger partial charge in [-0.05, 0) is 35.4 Å². The number of benzene rings is 3. The smallest absolute Gasteiger partial charge is 0.330 e. The minimum Gasteiger partial charge on any atom is -0.466 e. The first-order valence-corrected chi connectivity index (χ1v) is 8.43. The van der Waals surface area contributed by atoms with Crippen molar-refractivity contribution in [3.8, 4) is 11.1 Å². The van der Waals surface area contributed by atoms with Gasteiger partial charge in [0.25, 0.3) is 0 Å². The summed E-state index contributed by atoms with van der Waals surface area (Å²) in [6.45, 7) is 0. The third-order valence-corrected chi connectivity index (χ3v) is 3.86. The van der Waals surface area contributed by atoms with Crippen LogP contribution < -0.4 is 0 Å². The van der Waals surface area contributed by atoms with Crippen LogP contribution in [0.15, 0.2) is 94.9 Å². The largest absolute Gasteiger partial charge is 0.466 e. The highest BCUT2D eigenvalue weighted by Crippen LogP contribution is 2.23. The van der Waals surface area contributed by atoms with Crippen LogP contribution in [0.25, 0.3) is 17.2 Å². The molecule has 0 fully saturated rings. The van der Waals surface area contributed by atoms with Gasteiger partial charge in [0.05, 0.1) is 18.5 Å². The lowest BCUT2D eigenvalue weighted by molar-refractivity contribution is -0.134. The zero-order chi connectivity index (χ0) is 18.9. The van der Waals surface area contributed by atoms with Gasteiger partial charge in [-0.1, -0.05) is 60.7 Å². The fourth-order valence-electron chi connectivity index (χ4n) is 2.45. The van der Waals surface area contributed by atoms with Gasteiger partial charge in [0.2, 0.25) is 0 Å². The maximum atomic E-state index is 11.3. The van der Waals surface area contributed by atoms with E-state index in [9.17, 15) is 4.79 Å². The van der Waals surface area contributed by atoms with Gasteiger partial charge in [-0.25, -0.2) is 4.79 Å². The van der Waals surface area contributed by atoms with Crippen LogP contribution in [0, 0.1) is 0 Å². The third-order valence-electron chi connectivity index (χ3n) is 3.86. The van der Waals surface area contributed by atoms with Crippen LogP contribution in [0.1, 0.15) is 5.56 Å². The summed E-state index contributed by atoms with van der Waals surface area (Å²) < 4.78 is 4.60. The molecule has 3 aromatic carbocycles. The standard InChI is InChI=1S/C23H18N2O2/c1-27-23(26)16-13-20-9-5-6-10-22(20)25-17-24-21-14-11-19(12-15-21)18-7-3-2-4-8-18/h2-16H,1H3. The van der Waals surface area contributed by atoms with Crippen LogP contribution in [0.4, 0.5) is 11.4 Å². The molecule has 3 rings (SSSR count). The predicted octanol–water partition coefficient (Wildman–Crippen LogP) is 5.68. The number of carbonyl (C=O) groups excluding carboxylic acids is 1. The molecule has 0 N–H and O–H groups in total. The van der Waals surface area contributed by atoms with E-state index in [0.717, 1.165) is 22.4 Å². The zero-order valence-corrected chi connectivity index (χ0v) is 14.9. The highest BCUT2D eigenvalue weighted by Gasteiger charge is 1.98. The Balaban J connectivity index is 1.77. The number of carbonyl (C=O) groups is 1. The molecule has 0 spiro atoms. The van der Waals surface area contributed by atoms with Crippen molar-refractivity contribution in [3.63, 3.8) is 0 Å². The summed E-state index contributed by atoms with van der Waals surface area (Å²) in [4.78, 5) is 19.8. The molecular weight excluding hydrogens is 336 g/mol. The van der Waals surface area contributed by atoms with Crippen molar-refractivity contribution in [2.45, 2.75) is 0 Å². The van der Waals surface area contributed by atoms with E-state index < -0.39 is 5.97 Å². The fourth-order valence-corrected chi connectivity index (χ4v) is 2.45. The molecule has 0 saturated heterocycles. The summed E-state index contributed by atoms with van der Waals surface area (Å²) in [5, 5.41) is 0. The molecular formula is C23H18N2O2. The van der Waals surface area contributed by atoms with Crippen LogP contribution >= 0.6 is 0 Å². The maximum absolute atomic E-state index is 11.3. The lowest BCUT2D eigenvalue weighted by atomic mass is 10.1. The quantitative estimate of drug-likeness (QED) is 0.336. The number of hydrogen-bond donors (Lipinski definition) is 0. The van der Waals surface area contributed by atoms with Crippen LogP contribution in [0.5, 0.6) is 0 Å². The van der Waals surface area contributed by atoms with E-state index in [2.05, 4.69) is 32.9 Å². The van der Waals surface area contributed by atoms with Crippen molar-refractivity contribution < 1.29 is 9.53 Å². The molecule has 0 bridgehead atoms. The average molecular weight is 354 g/mol. The lowest BCUT2D eigenvalue weighted by Gasteiger charge is -2.00. The van der Waals surface area contributed by atoms with Crippen molar-refractivity contribution in [1.29, 1.82) is 0 Å². The Morgan fingerprint density at radius 3 is 2.26 bits per heavy atom. The van der Waals surface area contributed by atoms with E-state index in [1.54, 1.807) is 6.08 Å². The number of hydrogen-bond acceptors (Lipinski definition) is 4. The predicted molar refractivity (Wildman–Crippen MR) is 109 cm³/mol. The summed E-state index contributed by atoms with van der Waals surface area (Å²) in [7, 11) is 1.34. The molecule has 0 aliphatic carbocycles. The second-order valence-corrected chi connectivity index (χ2v) is 5.65. The van der Waals surface area contributed by atoms with E-state index in [0.29, 0.717) is 5.69 Å². The fraction of sp³-hybridized carbons (Fsp3) is 0.0435. The number of ether oxygens (including phenoxy) is 1. The topological polar surface area (TPSA) is 51.0 Å². The Morgan fingerprint density at radius 2 is 1.52 bits per heavy atom. The molecule has 3 aromatic rings. The summed E-state index contributed by atoms with van der Waals surface area (Å²) in [6, 6.07) is 28.2. The summed E-state index contributed by atoms with van der Waals surface area (Å²) >= 11 is 0. The summed E-state index contributed by atoms with van der Waals surface area (Å²) in [5.41, 5.74) is 4.51. The van der Waals surface area contributed by atoms with Crippen LogP contribution in [-0.4, -0.2) is 19.1 Å². The molecule has 0 heterocycles. The van der Waals surface area contributed by atoms with Crippen molar-refractivity contribution >= 4 is 29.4 Å². The Bertz CT molecular complexity index is 1000. The number of rotatable bonds is 5. The van der Waals surface area contributed by atoms with Gasteiger partial charge in [0.1, 0.15) is 6.01 Å². The van der Waals surface area contributed by atoms with Gasteiger partial charge in [-0.3, -0.25) is 0 Å². The Hall–Kier alpha value is -3.75. The molecule has 4 heteroatoms. The number of aliphatic imine (C=N–C) groups is 2. The van der Waals surface area contributed by atoms with Crippen molar-refractivity contribution in [2.75, 3.05) is 7.11 Å². The Morgan fingerprint density at radius 1 is 0.852 bits per heavy atom. The van der Waals surface area contributed by atoms with E-state index in [1.165, 1.54) is 13.2 Å². The zero-order valence-electron chi connectivity index (χ0n) is 14.9. The molecule has 27 heavy (non-hydrogen) atoms. The lowest BCUT2D eigenvalue weighted by Crippen LogP contribution is -1.93. The molecule has 0 amide bonds. The molecule has 0 saturated carbocycles. The number of nitrogens with zero attached hydrogens (tertiary/aromatic N) is 2. The molecule has 0 aliphatic rings.